The first kappa shape index (κ1) is 13.5. The molecule has 0 aliphatic rings. The van der Waals surface area contributed by atoms with Gasteiger partial charge in [-0.05, 0) is 35.9 Å². The minimum Gasteiger partial charge on any atom is -0.431 e. The van der Waals surface area contributed by atoms with E-state index in [9.17, 15) is 4.39 Å². The smallest absolute Gasteiger partial charge is 0.257 e. The lowest BCUT2D eigenvalue weighted by Crippen LogP contribution is -1.87. The number of halogens is 2. The highest BCUT2D eigenvalue weighted by atomic mass is 79.9. The lowest BCUT2D eigenvalue weighted by Gasteiger charge is -2.01. The summed E-state index contributed by atoms with van der Waals surface area (Å²) in [7, 11) is 0. The molecule has 3 rings (SSSR count). The molecule has 1 aromatic heterocycles. The van der Waals surface area contributed by atoms with Gasteiger partial charge in [-0.2, -0.15) is 0 Å². The number of aromatic nitrogens is 1. The van der Waals surface area contributed by atoms with Crippen LogP contribution < -0.4 is 5.73 Å². The summed E-state index contributed by atoms with van der Waals surface area (Å²) in [5.41, 5.74) is 8.30. The van der Waals surface area contributed by atoms with Gasteiger partial charge >= 0.3 is 0 Å². The second-order valence-electron chi connectivity index (χ2n) is 4.23. The molecular formula is C14H10BrFN2OS. The molecule has 3 nitrogen and oxygen atoms in total. The molecule has 0 aliphatic heterocycles. The van der Waals surface area contributed by atoms with Crippen molar-refractivity contribution in [3.8, 4) is 0 Å². The first-order valence-electron chi connectivity index (χ1n) is 5.84. The van der Waals surface area contributed by atoms with Crippen molar-refractivity contribution < 1.29 is 8.81 Å². The Labute approximate surface area is 127 Å². The van der Waals surface area contributed by atoms with Crippen LogP contribution in [0.5, 0.6) is 0 Å². The molecule has 2 aromatic carbocycles. The molecule has 0 radical (unpaired) electrons. The summed E-state index contributed by atoms with van der Waals surface area (Å²) < 4.78 is 20.1. The number of benzene rings is 2. The molecule has 0 amide bonds. The van der Waals surface area contributed by atoms with E-state index in [1.165, 1.54) is 17.8 Å². The van der Waals surface area contributed by atoms with Crippen LogP contribution >= 0.6 is 27.7 Å². The Balaban J connectivity index is 1.81. The van der Waals surface area contributed by atoms with Crippen molar-refractivity contribution in [2.45, 2.75) is 11.0 Å². The maximum Gasteiger partial charge on any atom is 0.257 e. The Kier molecular flexibility index (Phi) is 3.67. The van der Waals surface area contributed by atoms with Gasteiger partial charge in [0.1, 0.15) is 11.3 Å². The Morgan fingerprint density at radius 3 is 2.95 bits per heavy atom. The maximum atomic E-state index is 13.6. The second kappa shape index (κ2) is 5.46. The molecule has 0 aliphatic carbocycles. The molecule has 1 heterocycles. The molecule has 0 unspecified atom stereocenters. The molecule has 102 valence electrons. The molecule has 0 spiro atoms. The van der Waals surface area contributed by atoms with Crippen LogP contribution in [0.25, 0.3) is 11.1 Å². The van der Waals surface area contributed by atoms with Gasteiger partial charge in [-0.3, -0.25) is 0 Å². The summed E-state index contributed by atoms with van der Waals surface area (Å²) in [5, 5.41) is 0.505. The van der Waals surface area contributed by atoms with Crippen LogP contribution in [0, 0.1) is 5.82 Å². The number of thioether (sulfide) groups is 1. The van der Waals surface area contributed by atoms with Gasteiger partial charge < -0.3 is 10.2 Å². The monoisotopic (exact) mass is 352 g/mol. The minimum atomic E-state index is -0.235. The number of nitrogens with two attached hydrogens (primary N) is 1. The Hall–Kier alpha value is -1.53. The van der Waals surface area contributed by atoms with Crippen LogP contribution in [0.3, 0.4) is 0 Å². The van der Waals surface area contributed by atoms with Gasteiger partial charge in [0.25, 0.3) is 5.22 Å². The third-order valence-electron chi connectivity index (χ3n) is 2.75. The SMILES string of the molecule is Nc1ccc2nc(SCc3cc(Br)ccc3F)oc2c1. The highest BCUT2D eigenvalue weighted by molar-refractivity contribution is 9.10. The van der Waals surface area contributed by atoms with Crippen molar-refractivity contribution in [3.63, 3.8) is 0 Å². The fourth-order valence-corrected chi connectivity index (χ4v) is 3.00. The summed E-state index contributed by atoms with van der Waals surface area (Å²) in [5.74, 6) is 0.217. The van der Waals surface area contributed by atoms with Crippen molar-refractivity contribution in [2.75, 3.05) is 5.73 Å². The third kappa shape index (κ3) is 2.81. The topological polar surface area (TPSA) is 52.0 Å². The first-order chi connectivity index (χ1) is 9.61. The quantitative estimate of drug-likeness (QED) is 0.552. The van der Waals surface area contributed by atoms with E-state index in [1.54, 1.807) is 30.3 Å². The molecule has 2 N–H and O–H groups in total. The standard InChI is InChI=1S/C14H10BrFN2OS/c15-9-1-3-11(16)8(5-9)7-20-14-18-12-4-2-10(17)6-13(12)19-14/h1-6H,7,17H2. The predicted molar refractivity (Wildman–Crippen MR) is 82.1 cm³/mol. The lowest BCUT2D eigenvalue weighted by atomic mass is 10.2. The van der Waals surface area contributed by atoms with Gasteiger partial charge in [0.05, 0.1) is 0 Å². The van der Waals surface area contributed by atoms with Gasteiger partial charge in [-0.25, -0.2) is 9.37 Å². The van der Waals surface area contributed by atoms with Gasteiger partial charge in [-0.1, -0.05) is 27.7 Å². The van der Waals surface area contributed by atoms with Gasteiger partial charge in [-0.15, -0.1) is 0 Å². The van der Waals surface area contributed by atoms with Gasteiger partial charge in [0, 0.05) is 22.0 Å². The highest BCUT2D eigenvalue weighted by Crippen LogP contribution is 2.28. The van der Waals surface area contributed by atoms with Crippen molar-refractivity contribution in [3.05, 3.63) is 52.3 Å². The summed E-state index contributed by atoms with van der Waals surface area (Å²) in [6.45, 7) is 0. The predicted octanol–water partition coefficient (Wildman–Crippen LogP) is 4.60. The molecule has 0 saturated carbocycles. The fourth-order valence-electron chi connectivity index (χ4n) is 1.78. The van der Waals surface area contributed by atoms with E-state index in [4.69, 9.17) is 10.2 Å². The van der Waals surface area contributed by atoms with E-state index in [2.05, 4.69) is 20.9 Å². The fraction of sp³-hybridized carbons (Fsp3) is 0.0714. The van der Waals surface area contributed by atoms with Crippen LogP contribution in [-0.4, -0.2) is 4.98 Å². The molecule has 0 bridgehead atoms. The minimum absolute atomic E-state index is 0.235. The molecule has 0 saturated heterocycles. The molecule has 3 aromatic rings. The molecule has 0 fully saturated rings. The number of fused-ring (bicyclic) bond motifs is 1. The van der Waals surface area contributed by atoms with Crippen LogP contribution in [-0.2, 0) is 5.75 Å². The second-order valence-corrected chi connectivity index (χ2v) is 6.07. The normalized spacial score (nSPS) is 11.1. The van der Waals surface area contributed by atoms with Crippen LogP contribution in [0.2, 0.25) is 0 Å². The van der Waals surface area contributed by atoms with E-state index >= 15 is 0 Å². The number of hydrogen-bond acceptors (Lipinski definition) is 4. The van der Waals surface area contributed by atoms with E-state index in [-0.39, 0.29) is 5.82 Å². The van der Waals surface area contributed by atoms with E-state index in [0.717, 1.165) is 9.99 Å². The average molecular weight is 353 g/mol. The summed E-state index contributed by atoms with van der Waals surface area (Å²) >= 11 is 4.68. The van der Waals surface area contributed by atoms with E-state index in [1.807, 2.05) is 0 Å². The number of oxazole rings is 1. The lowest BCUT2D eigenvalue weighted by molar-refractivity contribution is 0.489. The summed E-state index contributed by atoms with van der Waals surface area (Å²) in [6, 6.07) is 10.2. The third-order valence-corrected chi connectivity index (χ3v) is 4.12. The number of nitrogens with zero attached hydrogens (tertiary/aromatic N) is 1. The van der Waals surface area contributed by atoms with Crippen molar-refractivity contribution in [2.24, 2.45) is 0 Å². The zero-order valence-electron chi connectivity index (χ0n) is 10.3. The number of anilines is 1. The van der Waals surface area contributed by atoms with Crippen LogP contribution in [0.4, 0.5) is 10.1 Å². The Morgan fingerprint density at radius 1 is 1.25 bits per heavy atom. The zero-order valence-corrected chi connectivity index (χ0v) is 12.7. The van der Waals surface area contributed by atoms with Crippen LogP contribution in [0.1, 0.15) is 5.56 Å². The average Bonchev–Trinajstić information content (AvgIpc) is 2.81. The van der Waals surface area contributed by atoms with Crippen LogP contribution in [0.15, 0.2) is 50.5 Å². The molecular weight excluding hydrogens is 343 g/mol. The number of nitrogen functional groups attached to an aromatic ring is 1. The largest absolute Gasteiger partial charge is 0.431 e. The Bertz CT molecular complexity index is 775. The highest BCUT2D eigenvalue weighted by Gasteiger charge is 2.09. The van der Waals surface area contributed by atoms with E-state index in [0.29, 0.717) is 27.8 Å². The van der Waals surface area contributed by atoms with Gasteiger partial charge in [0.2, 0.25) is 0 Å². The van der Waals surface area contributed by atoms with Crippen molar-refractivity contribution >= 4 is 44.5 Å². The Morgan fingerprint density at radius 2 is 2.10 bits per heavy atom. The maximum absolute atomic E-state index is 13.6. The first-order valence-corrected chi connectivity index (χ1v) is 7.62. The zero-order chi connectivity index (χ0) is 14.1. The van der Waals surface area contributed by atoms with Gasteiger partial charge in [0.15, 0.2) is 5.58 Å². The number of rotatable bonds is 3. The van der Waals surface area contributed by atoms with Crippen molar-refractivity contribution in [1.29, 1.82) is 0 Å². The van der Waals surface area contributed by atoms with E-state index < -0.39 is 0 Å². The molecule has 20 heavy (non-hydrogen) atoms. The summed E-state index contributed by atoms with van der Waals surface area (Å²) in [6.07, 6.45) is 0. The summed E-state index contributed by atoms with van der Waals surface area (Å²) in [4.78, 5) is 4.33. The molecule has 0 atom stereocenters. The van der Waals surface area contributed by atoms with Crippen molar-refractivity contribution in [1.82, 2.24) is 4.98 Å². The number of hydrogen-bond donors (Lipinski definition) is 1. The molecule has 6 heteroatoms.